The molecule has 0 aromatic rings. The fourth-order valence-electron chi connectivity index (χ4n) is 8.93. The number of rotatable bonds is 54. The second kappa shape index (κ2) is 47.6. The highest BCUT2D eigenvalue weighted by Gasteiger charge is 2.53. The van der Waals surface area contributed by atoms with Gasteiger partial charge in [0.25, 0.3) is 5.91 Å². The zero-order chi connectivity index (χ0) is 57.5. The van der Waals surface area contributed by atoms with Crippen molar-refractivity contribution >= 4 is 65.1 Å². The number of amides is 4. The van der Waals surface area contributed by atoms with Crippen molar-refractivity contribution in [2.45, 2.75) is 269 Å². The zero-order valence-electron chi connectivity index (χ0n) is 47.3. The van der Waals surface area contributed by atoms with E-state index in [1.807, 2.05) is 0 Å². The van der Waals surface area contributed by atoms with Gasteiger partial charge in [-0.2, -0.15) is 11.8 Å². The number of thioether (sulfide) groups is 1. The van der Waals surface area contributed by atoms with Crippen LogP contribution in [-0.2, 0) is 52.6 Å². The van der Waals surface area contributed by atoms with E-state index in [0.29, 0.717) is 30.7 Å². The first-order valence-electron chi connectivity index (χ1n) is 29.3. The first kappa shape index (κ1) is 72.7. The molecule has 0 rings (SSSR count). The molecule has 0 aliphatic rings. The number of hydrogen-bond acceptors (Lipinski definition) is 15. The molecule has 0 aliphatic carbocycles. The fourth-order valence-corrected chi connectivity index (χ4v) is 9.84. The minimum Gasteiger partial charge on any atom is -0.481 e. The SMILES string of the molecule is CCCCCCCCCCCCCCCC(=O)OC[C@H](CSCCC(=O)N(N)C(CCC(N)=O)(C(=O)NCC(=O)N[C@H](CCC(=O)O)C(=O)O)C(=O)[C@@H](N)CCCCN)OC(=O)CCCCCCCCCCCCCCC. The lowest BCUT2D eigenvalue weighted by Crippen LogP contribution is -2.71. The van der Waals surface area contributed by atoms with Crippen molar-refractivity contribution in [3.63, 3.8) is 0 Å². The van der Waals surface area contributed by atoms with E-state index in [1.165, 1.54) is 127 Å². The Morgan fingerprint density at radius 1 is 0.610 bits per heavy atom. The van der Waals surface area contributed by atoms with Crippen molar-refractivity contribution in [2.24, 2.45) is 23.0 Å². The number of carbonyl (C=O) groups excluding carboxylic acids is 7. The summed E-state index contributed by atoms with van der Waals surface area (Å²) in [6.45, 7) is 3.58. The molecule has 0 aromatic carbocycles. The molecule has 0 spiro atoms. The Balaban J connectivity index is 5.85. The van der Waals surface area contributed by atoms with Gasteiger partial charge in [0.1, 0.15) is 18.8 Å². The minimum absolute atomic E-state index is 0.00725. The number of Topliss-reactive ketones (excluding diaryl/α,β-unsaturated/α-hetero) is 1. The number of carboxylic acid groups (broad SMARTS) is 2. The van der Waals surface area contributed by atoms with Crippen LogP contribution >= 0.6 is 11.8 Å². The predicted octanol–water partition coefficient (Wildman–Crippen LogP) is 7.81. The van der Waals surface area contributed by atoms with Gasteiger partial charge in [-0.25, -0.2) is 10.6 Å². The van der Waals surface area contributed by atoms with E-state index < -0.39 is 109 Å². The van der Waals surface area contributed by atoms with Gasteiger partial charge in [-0.3, -0.25) is 43.4 Å². The summed E-state index contributed by atoms with van der Waals surface area (Å²) in [7, 11) is 0. The molecule has 0 aliphatic heterocycles. The number of nitrogens with two attached hydrogens (primary N) is 4. The van der Waals surface area contributed by atoms with Crippen molar-refractivity contribution in [1.29, 1.82) is 0 Å². The van der Waals surface area contributed by atoms with Crippen molar-refractivity contribution < 1.29 is 62.8 Å². The van der Waals surface area contributed by atoms with Crippen LogP contribution in [0.1, 0.15) is 245 Å². The number of ether oxygens (including phenoxy) is 2. The van der Waals surface area contributed by atoms with Gasteiger partial charge < -0.3 is 47.5 Å². The Morgan fingerprint density at radius 2 is 1.09 bits per heavy atom. The molecular formula is C56H103N7O13S. The predicted molar refractivity (Wildman–Crippen MR) is 301 cm³/mol. The van der Waals surface area contributed by atoms with Gasteiger partial charge in [0.15, 0.2) is 11.3 Å². The zero-order valence-corrected chi connectivity index (χ0v) is 48.1. The molecule has 0 heterocycles. The second-order valence-electron chi connectivity index (χ2n) is 20.5. The molecule has 21 heteroatoms. The van der Waals surface area contributed by atoms with Crippen LogP contribution < -0.4 is 33.7 Å². The molecule has 0 radical (unpaired) electrons. The Labute approximate surface area is 464 Å². The molecule has 0 fully saturated rings. The third-order valence-electron chi connectivity index (χ3n) is 13.7. The number of carbonyl (C=O) groups is 9. The maximum absolute atomic E-state index is 14.3. The molecule has 0 saturated carbocycles. The topological polar surface area (TPSA) is 344 Å². The van der Waals surface area contributed by atoms with Crippen LogP contribution in [0.4, 0.5) is 0 Å². The maximum atomic E-state index is 14.3. The molecule has 0 aromatic heterocycles. The number of carboxylic acids is 2. The van der Waals surface area contributed by atoms with Gasteiger partial charge >= 0.3 is 23.9 Å². The minimum atomic E-state index is -2.68. The monoisotopic (exact) mass is 1110 g/mol. The van der Waals surface area contributed by atoms with Crippen LogP contribution in [0.5, 0.6) is 0 Å². The number of primary amides is 1. The molecule has 0 saturated heterocycles. The molecule has 12 N–H and O–H groups in total. The summed E-state index contributed by atoms with van der Waals surface area (Å²) >= 11 is 1.17. The van der Waals surface area contributed by atoms with E-state index in [4.69, 9.17) is 37.6 Å². The molecular weight excluding hydrogens is 1010 g/mol. The third kappa shape index (κ3) is 37.2. The number of hydrogen-bond donors (Lipinski definition) is 8. The number of nitrogens with one attached hydrogen (secondary N) is 2. The largest absolute Gasteiger partial charge is 0.481 e. The summed E-state index contributed by atoms with van der Waals surface area (Å²) in [5.41, 5.74) is 14.7. The molecule has 4 amide bonds. The van der Waals surface area contributed by atoms with Crippen LogP contribution in [0.25, 0.3) is 0 Å². The summed E-state index contributed by atoms with van der Waals surface area (Å²) in [4.78, 5) is 116. The van der Waals surface area contributed by atoms with E-state index in [9.17, 15) is 48.3 Å². The molecule has 77 heavy (non-hydrogen) atoms. The van der Waals surface area contributed by atoms with Gasteiger partial charge in [0.05, 0.1) is 12.6 Å². The first-order chi connectivity index (χ1) is 37.0. The highest BCUT2D eigenvalue weighted by molar-refractivity contribution is 7.99. The summed E-state index contributed by atoms with van der Waals surface area (Å²) in [5, 5.41) is 23.2. The van der Waals surface area contributed by atoms with Crippen molar-refractivity contribution in [3.8, 4) is 0 Å². The van der Waals surface area contributed by atoms with E-state index in [0.717, 1.165) is 38.5 Å². The number of esters is 2. The van der Waals surface area contributed by atoms with Crippen molar-refractivity contribution in [1.82, 2.24) is 15.6 Å². The Morgan fingerprint density at radius 3 is 1.55 bits per heavy atom. The second-order valence-corrected chi connectivity index (χ2v) is 21.7. The van der Waals surface area contributed by atoms with Gasteiger partial charge in [-0.15, -0.1) is 0 Å². The van der Waals surface area contributed by atoms with Gasteiger partial charge in [-0.05, 0) is 45.1 Å². The number of aliphatic carboxylic acids is 2. The lowest BCUT2D eigenvalue weighted by Gasteiger charge is -2.39. The normalized spacial score (nSPS) is 13.2. The smallest absolute Gasteiger partial charge is 0.326 e. The fraction of sp³-hybridized carbons (Fsp3) is 0.839. The van der Waals surface area contributed by atoms with Crippen LogP contribution in [-0.4, -0.2) is 123 Å². The summed E-state index contributed by atoms with van der Waals surface area (Å²) in [6.07, 6.45) is 27.9. The molecule has 0 bridgehead atoms. The molecule has 1 unspecified atom stereocenters. The number of hydrazine groups is 1. The van der Waals surface area contributed by atoms with Gasteiger partial charge in [0, 0.05) is 43.6 Å². The van der Waals surface area contributed by atoms with E-state index in [2.05, 4.69) is 24.5 Å². The number of nitrogens with zero attached hydrogens (tertiary/aromatic N) is 1. The van der Waals surface area contributed by atoms with E-state index in [-0.39, 0.29) is 50.3 Å². The Bertz CT molecular complexity index is 1680. The molecule has 446 valence electrons. The maximum Gasteiger partial charge on any atom is 0.326 e. The standard InChI is InChI=1S/C56H103N7O13S/c1-3-5-7-9-11-13-15-17-19-21-23-25-27-32-51(69)75-42-44(76-52(70)33-28-26-24-22-20-18-16-14-12-10-8-6-4-2)43-77-40-37-49(66)63(60)56(38-36-47(59)64,53(71)45(58)31-29-30-39-57)55(74)61-41-48(65)62-46(54(72)73)34-35-50(67)68/h44-46H,3-43,57-58,60H2,1-2H3,(H2,59,64)(H,61,74)(H,62,65)(H,67,68)(H,72,73)/t44-,45+,46-,56?/m1/s1. The van der Waals surface area contributed by atoms with Crippen molar-refractivity contribution in [2.75, 3.05) is 31.2 Å². The highest BCUT2D eigenvalue weighted by atomic mass is 32.2. The van der Waals surface area contributed by atoms with E-state index >= 15 is 0 Å². The highest BCUT2D eigenvalue weighted by Crippen LogP contribution is 2.26. The van der Waals surface area contributed by atoms with Crippen LogP contribution in [0.15, 0.2) is 0 Å². The average Bonchev–Trinajstić information content (AvgIpc) is 3.39. The van der Waals surface area contributed by atoms with Crippen LogP contribution in [0.2, 0.25) is 0 Å². The Kier molecular flexibility index (Phi) is 45.0. The van der Waals surface area contributed by atoms with Crippen LogP contribution in [0.3, 0.4) is 0 Å². The Hall–Kier alpha value is -4.34. The van der Waals surface area contributed by atoms with Crippen LogP contribution in [0, 0.1) is 0 Å². The molecule has 20 nitrogen and oxygen atoms in total. The third-order valence-corrected chi connectivity index (χ3v) is 14.8. The van der Waals surface area contributed by atoms with Gasteiger partial charge in [0.2, 0.25) is 17.7 Å². The summed E-state index contributed by atoms with van der Waals surface area (Å²) in [6, 6.07) is -3.04. The van der Waals surface area contributed by atoms with Gasteiger partial charge in [-0.1, -0.05) is 174 Å². The summed E-state index contributed by atoms with van der Waals surface area (Å²) in [5.74, 6) is -2.48. The quantitative estimate of drug-likeness (QED) is 0.00718. The lowest BCUT2D eigenvalue weighted by atomic mass is 9.81. The van der Waals surface area contributed by atoms with Crippen molar-refractivity contribution in [3.05, 3.63) is 0 Å². The first-order valence-corrected chi connectivity index (χ1v) is 30.4. The van der Waals surface area contributed by atoms with E-state index in [1.54, 1.807) is 0 Å². The lowest BCUT2D eigenvalue weighted by molar-refractivity contribution is -0.157. The average molecular weight is 1110 g/mol. The number of ketones is 1. The molecule has 4 atom stereocenters. The number of unbranched alkanes of at least 4 members (excludes halogenated alkanes) is 25. The summed E-state index contributed by atoms with van der Waals surface area (Å²) < 4.78 is 11.4.